The van der Waals surface area contributed by atoms with Gasteiger partial charge in [-0.3, -0.25) is 4.79 Å². The monoisotopic (exact) mass is 792 g/mol. The molecule has 12 heteroatoms. The van der Waals surface area contributed by atoms with Gasteiger partial charge >= 0.3 is 6.09 Å². The molecule has 2 N–H and O–H groups in total. The molecule has 11 nitrogen and oxygen atoms in total. The van der Waals surface area contributed by atoms with Crippen LogP contribution in [0, 0.1) is 24.7 Å². The van der Waals surface area contributed by atoms with Crippen molar-refractivity contribution in [1.82, 2.24) is 19.8 Å². The Morgan fingerprint density at radius 3 is 2.44 bits per heavy atom. The van der Waals surface area contributed by atoms with Crippen molar-refractivity contribution in [3.05, 3.63) is 115 Å². The number of likely N-dealkylation sites (tertiary alicyclic amines) is 1. The first kappa shape index (κ1) is 40.3. The molecule has 7 rings (SSSR count). The lowest BCUT2D eigenvalue weighted by atomic mass is 9.58. The molecule has 0 spiro atoms. The minimum absolute atomic E-state index is 0.0301. The van der Waals surface area contributed by atoms with Crippen molar-refractivity contribution in [3.63, 3.8) is 0 Å². The molecule has 302 valence electrons. The lowest BCUT2D eigenvalue weighted by Gasteiger charge is -2.51. The Morgan fingerprint density at radius 2 is 1.74 bits per heavy atom. The van der Waals surface area contributed by atoms with Crippen LogP contribution in [-0.2, 0) is 37.7 Å². The first-order valence-electron chi connectivity index (χ1n) is 20.3. The number of amides is 2. The number of imidazole rings is 1. The van der Waals surface area contributed by atoms with Gasteiger partial charge in [-0.15, -0.1) is 0 Å². The van der Waals surface area contributed by atoms with E-state index < -0.39 is 15.7 Å². The predicted octanol–water partition coefficient (Wildman–Crippen LogP) is 7.02. The standard InChI is InChI=1S/C45H56N6O5S/c1-5-42-46-22-25-50(42)31-45(35-11-7-10-32(3)26-35,40-14-9-15-41(40)48-44(53)56-4)34-20-23-49(24-21-34)28-33-29-51(30-33)37-16-18-38(19-17-37)57(54,55)39-13-8-12-36(27-39)47-43(52)6-2/h6-8,10-13,16-19,22,25-27,33-34,40-41H,2,5,9,14-15,20-21,23-24,28-31H2,1,3-4H3,(H,47,52)(H,48,53)/t40-,41-,45-/m0/s1. The maximum atomic E-state index is 13.4. The average molecular weight is 793 g/mol. The predicted molar refractivity (Wildman–Crippen MR) is 223 cm³/mol. The first-order chi connectivity index (χ1) is 27.5. The SMILES string of the molecule is C=CC(=O)Nc1cccc(S(=O)(=O)c2ccc(N3CC(CN4CCC([C@@](Cn5ccnc5CC)(c5cccc(C)c5)[C@H]5CCC[C@@H]5NC(=O)OC)CC4)C3)cc2)c1. The lowest BCUT2D eigenvalue weighted by Crippen LogP contribution is -2.56. The van der Waals surface area contributed by atoms with Crippen molar-refractivity contribution in [3.8, 4) is 0 Å². The average Bonchev–Trinajstić information content (AvgIpc) is 3.87. The Kier molecular flexibility index (Phi) is 12.2. The van der Waals surface area contributed by atoms with E-state index in [0.29, 0.717) is 17.5 Å². The van der Waals surface area contributed by atoms with E-state index in [-0.39, 0.29) is 33.3 Å². The quantitative estimate of drug-likeness (QED) is 0.131. The van der Waals surface area contributed by atoms with Crippen LogP contribution in [0.4, 0.5) is 16.2 Å². The van der Waals surface area contributed by atoms with Gasteiger partial charge in [-0.05, 0) is 112 Å². The highest BCUT2D eigenvalue weighted by atomic mass is 32.2. The molecule has 1 saturated carbocycles. The summed E-state index contributed by atoms with van der Waals surface area (Å²) in [5.41, 5.74) is 3.81. The molecule has 1 aromatic heterocycles. The molecule has 3 heterocycles. The third kappa shape index (κ3) is 8.53. The van der Waals surface area contributed by atoms with Crippen molar-refractivity contribution in [2.75, 3.05) is 50.1 Å². The van der Waals surface area contributed by atoms with E-state index in [0.717, 1.165) is 95.4 Å². The van der Waals surface area contributed by atoms with Crippen LogP contribution < -0.4 is 15.5 Å². The number of alkyl carbamates (subject to hydrolysis) is 1. The zero-order valence-corrected chi connectivity index (χ0v) is 34.2. The van der Waals surface area contributed by atoms with Crippen LogP contribution in [0.25, 0.3) is 0 Å². The number of hydrogen-bond donors (Lipinski definition) is 2. The summed E-state index contributed by atoms with van der Waals surface area (Å²) in [4.78, 5) is 34.4. The normalized spacial score (nSPS) is 20.4. The smallest absolute Gasteiger partial charge is 0.407 e. The highest BCUT2D eigenvalue weighted by molar-refractivity contribution is 7.91. The topological polar surface area (TPSA) is 126 Å². The zero-order chi connectivity index (χ0) is 40.2. The summed E-state index contributed by atoms with van der Waals surface area (Å²) in [5, 5.41) is 5.89. The van der Waals surface area contributed by atoms with Crippen molar-refractivity contribution < 1.29 is 22.7 Å². The summed E-state index contributed by atoms with van der Waals surface area (Å²) >= 11 is 0. The molecule has 57 heavy (non-hydrogen) atoms. The van der Waals surface area contributed by atoms with E-state index >= 15 is 0 Å². The molecule has 0 radical (unpaired) electrons. The number of hydrogen-bond acceptors (Lipinski definition) is 8. The minimum atomic E-state index is -3.77. The van der Waals surface area contributed by atoms with E-state index in [1.165, 1.54) is 30.4 Å². The molecule has 3 atom stereocenters. The number of aromatic nitrogens is 2. The number of sulfone groups is 1. The van der Waals surface area contributed by atoms with Crippen LogP contribution in [0.2, 0.25) is 0 Å². The van der Waals surface area contributed by atoms with Crippen molar-refractivity contribution in [1.29, 1.82) is 0 Å². The lowest BCUT2D eigenvalue weighted by molar-refractivity contribution is -0.111. The van der Waals surface area contributed by atoms with Crippen LogP contribution in [0.1, 0.15) is 56.0 Å². The molecule has 1 aliphatic carbocycles. The van der Waals surface area contributed by atoms with Crippen molar-refractivity contribution in [2.45, 2.75) is 80.2 Å². The zero-order valence-electron chi connectivity index (χ0n) is 33.4. The molecule has 0 bridgehead atoms. The summed E-state index contributed by atoms with van der Waals surface area (Å²) in [7, 11) is -2.32. The Hall–Kier alpha value is -4.94. The maximum Gasteiger partial charge on any atom is 0.407 e. The number of aryl methyl sites for hydroxylation is 2. The molecule has 2 saturated heterocycles. The largest absolute Gasteiger partial charge is 0.453 e. The number of carbonyl (C=O) groups is 2. The second-order valence-corrected chi connectivity index (χ2v) is 18.0. The van der Waals surface area contributed by atoms with Crippen LogP contribution in [0.15, 0.2) is 108 Å². The molecule has 2 amide bonds. The van der Waals surface area contributed by atoms with Gasteiger partial charge in [-0.2, -0.15) is 0 Å². The fourth-order valence-corrected chi connectivity index (χ4v) is 11.2. The summed E-state index contributed by atoms with van der Waals surface area (Å²) < 4.78 is 34.4. The number of benzene rings is 3. The Morgan fingerprint density at radius 1 is 0.982 bits per heavy atom. The second-order valence-electron chi connectivity index (χ2n) is 16.1. The molecule has 3 fully saturated rings. The van der Waals surface area contributed by atoms with Crippen LogP contribution in [0.5, 0.6) is 0 Å². The number of carbonyl (C=O) groups excluding carboxylic acids is 2. The fraction of sp³-hybridized carbons (Fsp3) is 0.444. The summed E-state index contributed by atoms with van der Waals surface area (Å²) in [6, 6.07) is 22.5. The molecular formula is C45H56N6O5S. The Labute approximate surface area is 337 Å². The van der Waals surface area contributed by atoms with Crippen molar-refractivity contribution >= 4 is 33.2 Å². The van der Waals surface area contributed by atoms with Gasteiger partial charge in [0.1, 0.15) is 5.82 Å². The summed E-state index contributed by atoms with van der Waals surface area (Å²) in [6.45, 7) is 13.5. The van der Waals surface area contributed by atoms with Gasteiger partial charge in [0, 0.05) is 73.7 Å². The number of nitrogens with zero attached hydrogens (tertiary/aromatic N) is 4. The molecule has 4 aromatic rings. The maximum absolute atomic E-state index is 13.4. The van der Waals surface area contributed by atoms with E-state index in [9.17, 15) is 18.0 Å². The van der Waals surface area contributed by atoms with E-state index in [1.807, 2.05) is 18.3 Å². The highest BCUT2D eigenvalue weighted by Gasteiger charge is 2.52. The van der Waals surface area contributed by atoms with Gasteiger partial charge in [0.25, 0.3) is 0 Å². The third-order valence-electron chi connectivity index (χ3n) is 12.7. The van der Waals surface area contributed by atoms with Gasteiger partial charge < -0.3 is 29.7 Å². The van der Waals surface area contributed by atoms with Gasteiger partial charge in [-0.1, -0.05) is 55.8 Å². The van der Waals surface area contributed by atoms with Crippen LogP contribution >= 0.6 is 0 Å². The second kappa shape index (κ2) is 17.3. The number of ether oxygens (including phenoxy) is 1. The van der Waals surface area contributed by atoms with E-state index in [1.54, 1.807) is 24.3 Å². The molecule has 2 aliphatic heterocycles. The first-order valence-corrected chi connectivity index (χ1v) is 21.8. The number of anilines is 2. The number of methoxy groups -OCH3 is 1. The fourth-order valence-electron chi connectivity index (χ4n) is 9.86. The van der Waals surface area contributed by atoms with Gasteiger partial charge in [0.15, 0.2) is 0 Å². The van der Waals surface area contributed by atoms with Gasteiger partial charge in [0.2, 0.25) is 15.7 Å². The summed E-state index contributed by atoms with van der Waals surface area (Å²) in [5.74, 6) is 1.88. The van der Waals surface area contributed by atoms with Crippen LogP contribution in [-0.4, -0.2) is 80.7 Å². The van der Waals surface area contributed by atoms with Crippen LogP contribution in [0.3, 0.4) is 0 Å². The Bertz CT molecular complexity index is 2160. The number of piperidine rings is 1. The Balaban J connectivity index is 1.03. The molecule has 0 unspecified atom stereocenters. The molecule has 3 aliphatic rings. The number of rotatable bonds is 14. The van der Waals surface area contributed by atoms with Gasteiger partial charge in [-0.25, -0.2) is 18.2 Å². The highest BCUT2D eigenvalue weighted by Crippen LogP contribution is 2.52. The van der Waals surface area contributed by atoms with E-state index in [4.69, 9.17) is 9.72 Å². The minimum Gasteiger partial charge on any atom is -0.453 e. The van der Waals surface area contributed by atoms with E-state index in [2.05, 4.69) is 75.9 Å². The number of nitrogens with one attached hydrogen (secondary N) is 2. The molecule has 3 aromatic carbocycles. The van der Waals surface area contributed by atoms with Crippen molar-refractivity contribution in [2.24, 2.45) is 17.8 Å². The third-order valence-corrected chi connectivity index (χ3v) is 14.4. The summed E-state index contributed by atoms with van der Waals surface area (Å²) in [6.07, 6.45) is 10.9. The van der Waals surface area contributed by atoms with Gasteiger partial charge in [0.05, 0.1) is 16.9 Å². The molecular weight excluding hydrogens is 737 g/mol.